The maximum Gasteiger partial charge on any atom is 0.312 e. The van der Waals surface area contributed by atoms with Crippen LogP contribution in [-0.2, 0) is 23.8 Å². The third-order valence-corrected chi connectivity index (χ3v) is 4.24. The van der Waals surface area contributed by atoms with E-state index in [1.54, 1.807) is 20.8 Å². The van der Waals surface area contributed by atoms with Crippen molar-refractivity contribution >= 4 is 16.1 Å². The molecule has 1 aliphatic heterocycles. The van der Waals surface area contributed by atoms with E-state index in [1.165, 1.54) is 0 Å². The van der Waals surface area contributed by atoms with E-state index >= 15 is 0 Å². The first-order valence-electron chi connectivity index (χ1n) is 5.21. The zero-order valence-corrected chi connectivity index (χ0v) is 10.9. The first-order valence-corrected chi connectivity index (χ1v) is 6.78. The van der Waals surface area contributed by atoms with Gasteiger partial charge >= 0.3 is 5.97 Å². The largest absolute Gasteiger partial charge is 0.455 e. The molecule has 0 spiro atoms. The number of esters is 1. The summed E-state index contributed by atoms with van der Waals surface area (Å²) in [5.41, 5.74) is -1.66. The van der Waals surface area contributed by atoms with Crippen LogP contribution in [0.5, 0.6) is 0 Å². The molecule has 0 aromatic carbocycles. The van der Waals surface area contributed by atoms with Crippen LogP contribution >= 0.6 is 0 Å². The van der Waals surface area contributed by atoms with Crippen LogP contribution in [-0.4, -0.2) is 32.3 Å². The fraction of sp³-hybridized carbons (Fsp3) is 0.900. The molecule has 0 bridgehead atoms. The molecule has 1 aliphatic rings. The summed E-state index contributed by atoms with van der Waals surface area (Å²) in [6.45, 7) is 6.89. The molecule has 0 amide bonds. The molecule has 6 heteroatoms. The number of ether oxygens (including phenoxy) is 1. The fourth-order valence-electron chi connectivity index (χ4n) is 1.24. The molecule has 0 aromatic rings. The Labute approximate surface area is 96.2 Å². The van der Waals surface area contributed by atoms with Crippen LogP contribution in [0.25, 0.3) is 0 Å². The van der Waals surface area contributed by atoms with E-state index < -0.39 is 27.1 Å². The topological polar surface area (TPSA) is 69.7 Å². The van der Waals surface area contributed by atoms with Gasteiger partial charge < -0.3 is 4.74 Å². The van der Waals surface area contributed by atoms with Crippen LogP contribution in [0.2, 0.25) is 0 Å². The zero-order chi connectivity index (χ0) is 12.6. The Morgan fingerprint density at radius 1 is 1.50 bits per heavy atom. The van der Waals surface area contributed by atoms with Crippen molar-refractivity contribution in [2.24, 2.45) is 5.41 Å². The lowest BCUT2D eigenvalue weighted by Crippen LogP contribution is -2.40. The SMILES string of the molecule is CCC(C)(C)C(=O)OC1(C)COS(=O)(=O)C1. The highest BCUT2D eigenvalue weighted by Crippen LogP contribution is 2.29. The van der Waals surface area contributed by atoms with Gasteiger partial charge in [0.05, 0.1) is 5.41 Å². The number of carbonyl (C=O) groups is 1. The first kappa shape index (κ1) is 13.4. The van der Waals surface area contributed by atoms with E-state index in [-0.39, 0.29) is 12.4 Å². The summed E-state index contributed by atoms with van der Waals surface area (Å²) in [4.78, 5) is 11.8. The number of hydrogen-bond acceptors (Lipinski definition) is 5. The number of carbonyl (C=O) groups excluding carboxylic acids is 1. The zero-order valence-electron chi connectivity index (χ0n) is 10.1. The first-order chi connectivity index (χ1) is 7.10. The molecule has 5 nitrogen and oxygen atoms in total. The van der Waals surface area contributed by atoms with Crippen molar-refractivity contribution in [2.45, 2.75) is 39.7 Å². The van der Waals surface area contributed by atoms with Crippen molar-refractivity contribution in [3.05, 3.63) is 0 Å². The van der Waals surface area contributed by atoms with Crippen LogP contribution in [0.3, 0.4) is 0 Å². The molecule has 0 radical (unpaired) electrons. The van der Waals surface area contributed by atoms with Gasteiger partial charge in [0.1, 0.15) is 12.4 Å². The van der Waals surface area contributed by atoms with Crippen LogP contribution < -0.4 is 0 Å². The Kier molecular flexibility index (Phi) is 3.36. The van der Waals surface area contributed by atoms with Crippen LogP contribution in [0.4, 0.5) is 0 Å². The summed E-state index contributed by atoms with van der Waals surface area (Å²) in [7, 11) is -3.53. The Morgan fingerprint density at radius 3 is 2.44 bits per heavy atom. The Morgan fingerprint density at radius 2 is 2.06 bits per heavy atom. The molecular weight excluding hydrogens is 232 g/mol. The minimum absolute atomic E-state index is 0.0964. The highest BCUT2D eigenvalue weighted by Gasteiger charge is 2.45. The fourth-order valence-corrected chi connectivity index (χ4v) is 2.64. The summed E-state index contributed by atoms with van der Waals surface area (Å²) in [6.07, 6.45) is 0.634. The molecule has 1 heterocycles. The Bertz CT molecular complexity index is 384. The third kappa shape index (κ3) is 2.95. The van der Waals surface area contributed by atoms with Crippen molar-refractivity contribution in [2.75, 3.05) is 12.4 Å². The molecule has 1 rings (SSSR count). The maximum atomic E-state index is 11.8. The molecule has 0 saturated carbocycles. The molecule has 0 aliphatic carbocycles. The van der Waals surface area contributed by atoms with Crippen molar-refractivity contribution in [1.82, 2.24) is 0 Å². The summed E-state index contributed by atoms with van der Waals surface area (Å²) in [6, 6.07) is 0. The lowest BCUT2D eigenvalue weighted by molar-refractivity contribution is -0.167. The normalized spacial score (nSPS) is 29.0. The number of rotatable bonds is 3. The van der Waals surface area contributed by atoms with E-state index in [0.717, 1.165) is 0 Å². The minimum atomic E-state index is -3.53. The molecule has 16 heavy (non-hydrogen) atoms. The van der Waals surface area contributed by atoms with E-state index in [9.17, 15) is 13.2 Å². The molecule has 1 atom stereocenters. The second-order valence-corrected chi connectivity index (χ2v) is 6.68. The van der Waals surface area contributed by atoms with Crippen molar-refractivity contribution in [3.63, 3.8) is 0 Å². The molecular formula is C10H18O5S. The van der Waals surface area contributed by atoms with E-state index in [1.807, 2.05) is 6.92 Å². The molecule has 0 N–H and O–H groups in total. The molecule has 94 valence electrons. The monoisotopic (exact) mass is 250 g/mol. The van der Waals surface area contributed by atoms with Gasteiger partial charge in [-0.3, -0.25) is 8.98 Å². The van der Waals surface area contributed by atoms with Gasteiger partial charge in [0.15, 0.2) is 5.60 Å². The Balaban J connectivity index is 2.73. The highest BCUT2D eigenvalue weighted by molar-refractivity contribution is 7.87. The van der Waals surface area contributed by atoms with Gasteiger partial charge in [-0.2, -0.15) is 8.42 Å². The third-order valence-electron chi connectivity index (χ3n) is 2.80. The summed E-state index contributed by atoms with van der Waals surface area (Å²) >= 11 is 0. The average molecular weight is 250 g/mol. The van der Waals surface area contributed by atoms with Crippen molar-refractivity contribution in [1.29, 1.82) is 0 Å². The summed E-state index contributed by atoms with van der Waals surface area (Å²) in [5, 5.41) is 0. The van der Waals surface area contributed by atoms with Gasteiger partial charge in [0, 0.05) is 0 Å². The molecule has 1 saturated heterocycles. The lowest BCUT2D eigenvalue weighted by atomic mass is 9.90. The van der Waals surface area contributed by atoms with Crippen LogP contribution in [0, 0.1) is 5.41 Å². The predicted octanol–water partition coefficient (Wildman–Crippen LogP) is 1.08. The molecule has 0 aromatic heterocycles. The van der Waals surface area contributed by atoms with Gasteiger partial charge in [0.25, 0.3) is 10.1 Å². The highest BCUT2D eigenvalue weighted by atomic mass is 32.2. The summed E-state index contributed by atoms with van der Waals surface area (Å²) < 4.78 is 32.1. The van der Waals surface area contributed by atoms with Crippen LogP contribution in [0.1, 0.15) is 34.1 Å². The maximum absolute atomic E-state index is 11.8. The Hall–Kier alpha value is -0.620. The van der Waals surface area contributed by atoms with Crippen molar-refractivity contribution in [3.8, 4) is 0 Å². The summed E-state index contributed by atoms with van der Waals surface area (Å²) in [5.74, 6) is -0.663. The van der Waals surface area contributed by atoms with Gasteiger partial charge in [-0.05, 0) is 27.2 Å². The van der Waals surface area contributed by atoms with Gasteiger partial charge in [-0.1, -0.05) is 6.92 Å². The minimum Gasteiger partial charge on any atom is -0.455 e. The van der Waals surface area contributed by atoms with Gasteiger partial charge in [-0.25, -0.2) is 0 Å². The average Bonchev–Trinajstić information content (AvgIpc) is 2.40. The predicted molar refractivity (Wildman–Crippen MR) is 58.3 cm³/mol. The standard InChI is InChI=1S/C10H18O5S/c1-5-9(2,3)8(11)15-10(4)6-14-16(12,13)7-10/h5-7H2,1-4H3. The lowest BCUT2D eigenvalue weighted by Gasteiger charge is -2.27. The molecule has 1 fully saturated rings. The second-order valence-electron chi connectivity index (χ2n) is 5.04. The van der Waals surface area contributed by atoms with Gasteiger partial charge in [-0.15, -0.1) is 0 Å². The van der Waals surface area contributed by atoms with E-state index in [4.69, 9.17) is 4.74 Å². The number of hydrogen-bond donors (Lipinski definition) is 0. The van der Waals surface area contributed by atoms with Crippen LogP contribution in [0.15, 0.2) is 0 Å². The quantitative estimate of drug-likeness (QED) is 0.554. The molecule has 1 unspecified atom stereocenters. The smallest absolute Gasteiger partial charge is 0.312 e. The van der Waals surface area contributed by atoms with E-state index in [2.05, 4.69) is 4.18 Å². The van der Waals surface area contributed by atoms with Crippen molar-refractivity contribution < 1.29 is 22.1 Å². The van der Waals surface area contributed by atoms with Gasteiger partial charge in [0.2, 0.25) is 0 Å². The van der Waals surface area contributed by atoms with E-state index in [0.29, 0.717) is 6.42 Å². The second kappa shape index (κ2) is 4.00.